The van der Waals surface area contributed by atoms with E-state index in [1.165, 1.54) is 29.2 Å². The van der Waals surface area contributed by atoms with Crippen molar-refractivity contribution in [3.63, 3.8) is 0 Å². The largest absolute Gasteiger partial charge is 0.444 e. The van der Waals surface area contributed by atoms with Crippen LogP contribution in [0.4, 0.5) is 32.3 Å². The smallest absolute Gasteiger partial charge is 0.412 e. The maximum absolute atomic E-state index is 11.5. The van der Waals surface area contributed by atoms with Crippen molar-refractivity contribution in [3.8, 4) is 22.3 Å². The Balaban J connectivity index is 0.000000767. The van der Waals surface area contributed by atoms with Crippen molar-refractivity contribution in [2.24, 2.45) is 0 Å². The Bertz CT molecular complexity index is 1890. The number of benzene rings is 6. The average molecular weight is 831 g/mol. The Labute approximate surface area is 363 Å². The third-order valence-electron chi connectivity index (χ3n) is 7.23. The summed E-state index contributed by atoms with van der Waals surface area (Å²) in [6.45, 7) is 15.3. The standard InChI is InChI=1S/C13H20N2O2.2C12H10.C11H16N2O2.C2H4O.2H3N/c1-5-14-10-6-8-11(9-7-10)15-12(16)17-13(2,3)4;2*1-3-7-11(8-4-1)12-9-5-2-6-10-12;1-11(2,3)15-10(14)13-9-6-4-8(12)5-7-9;1-2-3;;/h6-9,14H,5H2,1-4H3,(H,15,16);2*1-10H;4-7H,12H2,1-3H3,(H,13,14);2H,1H3;2*1H3. The molecule has 0 heterocycles. The third-order valence-corrected chi connectivity index (χ3v) is 7.23. The minimum absolute atomic E-state index is 0. The molecule has 0 spiro atoms. The van der Waals surface area contributed by atoms with Gasteiger partial charge in [-0.25, -0.2) is 9.59 Å². The van der Waals surface area contributed by atoms with Crippen LogP contribution in [0.5, 0.6) is 0 Å². The molecule has 326 valence electrons. The summed E-state index contributed by atoms with van der Waals surface area (Å²) in [6, 6.07) is 55.9. The fourth-order valence-electron chi connectivity index (χ4n) is 4.81. The van der Waals surface area contributed by atoms with Gasteiger partial charge in [-0.2, -0.15) is 0 Å². The first kappa shape index (κ1) is 54.1. The van der Waals surface area contributed by atoms with Gasteiger partial charge in [-0.15, -0.1) is 0 Å². The molecule has 0 aromatic heterocycles. The molecular formula is C50H66N6O5. The Morgan fingerprint density at radius 1 is 0.492 bits per heavy atom. The fourth-order valence-corrected chi connectivity index (χ4v) is 4.81. The number of ether oxygens (including phenoxy) is 2. The first-order valence-electron chi connectivity index (χ1n) is 19.4. The quantitative estimate of drug-likeness (QED) is 0.0697. The highest BCUT2D eigenvalue weighted by atomic mass is 16.6. The van der Waals surface area contributed by atoms with Gasteiger partial charge in [0.1, 0.15) is 17.5 Å². The number of anilines is 4. The summed E-state index contributed by atoms with van der Waals surface area (Å²) in [5.74, 6) is 0. The topological polar surface area (TPSA) is 202 Å². The number of nitrogen functional groups attached to an aromatic ring is 1. The molecule has 11 N–H and O–H groups in total. The van der Waals surface area contributed by atoms with E-state index in [9.17, 15) is 9.59 Å². The number of carbonyl (C=O) groups is 3. The lowest BCUT2D eigenvalue weighted by atomic mass is 10.1. The summed E-state index contributed by atoms with van der Waals surface area (Å²) in [7, 11) is 0. The van der Waals surface area contributed by atoms with E-state index in [-0.39, 0.29) is 12.3 Å². The zero-order valence-electron chi connectivity index (χ0n) is 37.0. The molecule has 0 aliphatic rings. The number of hydrogen-bond donors (Lipinski definition) is 6. The second kappa shape index (κ2) is 29.3. The molecule has 0 atom stereocenters. The van der Waals surface area contributed by atoms with Crippen LogP contribution in [-0.2, 0) is 14.3 Å². The summed E-state index contributed by atoms with van der Waals surface area (Å²) in [4.78, 5) is 31.6. The highest BCUT2D eigenvalue weighted by molar-refractivity contribution is 5.85. The molecule has 11 heteroatoms. The molecule has 0 radical (unpaired) electrons. The molecule has 6 aromatic carbocycles. The normalized spacial score (nSPS) is 9.70. The van der Waals surface area contributed by atoms with Crippen LogP contribution in [0.15, 0.2) is 170 Å². The maximum Gasteiger partial charge on any atom is 0.412 e. The number of nitrogens with two attached hydrogens (primary N) is 1. The van der Waals surface area contributed by atoms with E-state index < -0.39 is 23.4 Å². The van der Waals surface area contributed by atoms with Gasteiger partial charge >= 0.3 is 12.2 Å². The van der Waals surface area contributed by atoms with Gasteiger partial charge in [-0.1, -0.05) is 121 Å². The first-order chi connectivity index (χ1) is 28.1. The molecule has 0 saturated carbocycles. The van der Waals surface area contributed by atoms with E-state index in [0.29, 0.717) is 11.4 Å². The van der Waals surface area contributed by atoms with Gasteiger partial charge in [0, 0.05) is 29.3 Å². The van der Waals surface area contributed by atoms with E-state index in [4.69, 9.17) is 20.0 Å². The van der Waals surface area contributed by atoms with Crippen LogP contribution >= 0.6 is 0 Å². The van der Waals surface area contributed by atoms with Crippen LogP contribution in [0.1, 0.15) is 55.4 Å². The zero-order valence-corrected chi connectivity index (χ0v) is 37.0. The predicted octanol–water partition coefficient (Wildman–Crippen LogP) is 13.3. The number of carbonyl (C=O) groups excluding carboxylic acids is 3. The van der Waals surface area contributed by atoms with Gasteiger partial charge in [0.25, 0.3) is 0 Å². The minimum Gasteiger partial charge on any atom is -0.444 e. The van der Waals surface area contributed by atoms with Crippen LogP contribution in [-0.4, -0.2) is 36.2 Å². The van der Waals surface area contributed by atoms with Crippen molar-refractivity contribution in [1.82, 2.24) is 12.3 Å². The molecule has 6 aromatic rings. The molecule has 0 aliphatic heterocycles. The molecule has 0 fully saturated rings. The summed E-state index contributed by atoms with van der Waals surface area (Å²) in [5, 5.41) is 8.47. The minimum atomic E-state index is -0.488. The number of amides is 2. The second-order valence-electron chi connectivity index (χ2n) is 14.7. The van der Waals surface area contributed by atoms with Crippen molar-refractivity contribution in [2.75, 3.05) is 28.2 Å². The van der Waals surface area contributed by atoms with Gasteiger partial charge in [-0.3, -0.25) is 10.6 Å². The molecule has 11 nitrogen and oxygen atoms in total. The Kier molecular flexibility index (Phi) is 26.0. The highest BCUT2D eigenvalue weighted by Gasteiger charge is 2.17. The Morgan fingerprint density at radius 3 is 0.984 bits per heavy atom. The van der Waals surface area contributed by atoms with Crippen molar-refractivity contribution in [3.05, 3.63) is 170 Å². The van der Waals surface area contributed by atoms with Gasteiger partial charge < -0.3 is 37.6 Å². The maximum atomic E-state index is 11.5. The van der Waals surface area contributed by atoms with Gasteiger partial charge in [-0.05, 0) is 126 Å². The van der Waals surface area contributed by atoms with Crippen LogP contribution in [0.25, 0.3) is 22.3 Å². The van der Waals surface area contributed by atoms with Crippen LogP contribution < -0.4 is 34.0 Å². The molecule has 0 unspecified atom stereocenters. The monoisotopic (exact) mass is 831 g/mol. The van der Waals surface area contributed by atoms with Crippen molar-refractivity contribution < 1.29 is 23.9 Å². The summed E-state index contributed by atoms with van der Waals surface area (Å²) in [5.41, 5.74) is 12.7. The molecular weight excluding hydrogens is 765 g/mol. The first-order valence-corrected chi connectivity index (χ1v) is 19.4. The average Bonchev–Trinajstić information content (AvgIpc) is 3.21. The van der Waals surface area contributed by atoms with Crippen molar-refractivity contribution in [2.45, 2.75) is 66.6 Å². The highest BCUT2D eigenvalue weighted by Crippen LogP contribution is 2.19. The van der Waals surface area contributed by atoms with E-state index in [1.54, 1.807) is 24.3 Å². The SMILES string of the molecule is CC(C)(C)OC(=O)Nc1ccc(N)cc1.CC=O.CCNc1ccc(NC(=O)OC(C)(C)C)cc1.N.N.c1ccc(-c2ccccc2)cc1.c1ccc(-c2ccccc2)cc1. The summed E-state index contributed by atoms with van der Waals surface area (Å²) in [6.07, 6.45) is -0.152. The van der Waals surface area contributed by atoms with E-state index in [1.807, 2.05) is 97.0 Å². The number of aldehydes is 1. The third kappa shape index (κ3) is 25.2. The predicted molar refractivity (Wildman–Crippen MR) is 257 cm³/mol. The zero-order chi connectivity index (χ0) is 43.5. The number of hydrogen-bond acceptors (Lipinski definition) is 9. The van der Waals surface area contributed by atoms with Crippen LogP contribution in [0.2, 0.25) is 0 Å². The van der Waals surface area contributed by atoms with Crippen molar-refractivity contribution >= 4 is 41.2 Å². The molecule has 0 saturated heterocycles. The van der Waals surface area contributed by atoms with Crippen molar-refractivity contribution in [1.29, 1.82) is 0 Å². The molecule has 0 bridgehead atoms. The second-order valence-corrected chi connectivity index (χ2v) is 14.7. The summed E-state index contributed by atoms with van der Waals surface area (Å²) >= 11 is 0. The fraction of sp³-hybridized carbons (Fsp3) is 0.220. The molecule has 6 rings (SSSR count). The molecule has 2 amide bonds. The lowest BCUT2D eigenvalue weighted by molar-refractivity contribution is -0.106. The molecule has 0 aliphatic carbocycles. The van der Waals surface area contributed by atoms with E-state index in [0.717, 1.165) is 24.2 Å². The van der Waals surface area contributed by atoms with Gasteiger partial charge in [0.2, 0.25) is 0 Å². The Morgan fingerprint density at radius 2 is 0.738 bits per heavy atom. The van der Waals surface area contributed by atoms with Gasteiger partial charge in [0.15, 0.2) is 0 Å². The number of rotatable bonds is 6. The van der Waals surface area contributed by atoms with Crippen LogP contribution in [0.3, 0.4) is 0 Å². The van der Waals surface area contributed by atoms with Gasteiger partial charge in [0.05, 0.1) is 0 Å². The van der Waals surface area contributed by atoms with E-state index in [2.05, 4.69) is 113 Å². The van der Waals surface area contributed by atoms with E-state index >= 15 is 0 Å². The number of nitrogens with one attached hydrogen (secondary N) is 3. The van der Waals surface area contributed by atoms with Crippen LogP contribution in [0, 0.1) is 0 Å². The lowest BCUT2D eigenvalue weighted by Gasteiger charge is -2.19. The molecule has 61 heavy (non-hydrogen) atoms. The lowest BCUT2D eigenvalue weighted by Crippen LogP contribution is -2.27. The Hall–Kier alpha value is -6.95. The summed E-state index contributed by atoms with van der Waals surface area (Å²) < 4.78 is 10.2.